The normalized spacial score (nSPS) is 14.5. The van der Waals surface area contributed by atoms with Gasteiger partial charge in [-0.3, -0.25) is 4.79 Å². The molecule has 1 atom stereocenters. The van der Waals surface area contributed by atoms with Crippen LogP contribution in [-0.2, 0) is 6.54 Å². The first-order chi connectivity index (χ1) is 16.7. The third kappa shape index (κ3) is 4.01. The van der Waals surface area contributed by atoms with Crippen molar-refractivity contribution in [2.75, 3.05) is 0 Å². The van der Waals surface area contributed by atoms with Crippen LogP contribution in [-0.4, -0.2) is 30.1 Å². The van der Waals surface area contributed by atoms with Gasteiger partial charge in [-0.1, -0.05) is 65.4 Å². The minimum atomic E-state index is -0.172. The summed E-state index contributed by atoms with van der Waals surface area (Å²) in [6.45, 7) is 2.29. The number of aromatic nitrogens is 6. The van der Waals surface area contributed by atoms with E-state index in [9.17, 15) is 4.79 Å². The standard InChI is InChI=1S/C24H20N6O3S/c1-14(21-25-20(29-33-21)16-11-12-16)34-24-27-26-22(32-24)19-17-9-5-6-10-18(17)23(31)30(28-19)13-15-7-3-2-4-8-15/h2-10,14,16H,11-13H2,1H3. The highest BCUT2D eigenvalue weighted by molar-refractivity contribution is 7.99. The average Bonchev–Trinajstić information content (AvgIpc) is 3.40. The maximum absolute atomic E-state index is 13.1. The van der Waals surface area contributed by atoms with Crippen LogP contribution in [0.25, 0.3) is 22.4 Å². The smallest absolute Gasteiger partial charge is 0.277 e. The van der Waals surface area contributed by atoms with Crippen molar-refractivity contribution in [3.05, 3.63) is 82.2 Å². The zero-order chi connectivity index (χ0) is 23.1. The van der Waals surface area contributed by atoms with E-state index < -0.39 is 0 Å². The number of nitrogens with zero attached hydrogens (tertiary/aromatic N) is 6. The molecule has 6 rings (SSSR count). The first kappa shape index (κ1) is 20.8. The highest BCUT2D eigenvalue weighted by Crippen LogP contribution is 2.40. The number of rotatable bonds is 7. The first-order valence-corrected chi connectivity index (χ1v) is 11.9. The first-order valence-electron chi connectivity index (χ1n) is 11.0. The van der Waals surface area contributed by atoms with Crippen molar-refractivity contribution in [2.24, 2.45) is 0 Å². The van der Waals surface area contributed by atoms with E-state index in [1.165, 1.54) is 16.4 Å². The number of hydrogen-bond donors (Lipinski definition) is 0. The fourth-order valence-corrected chi connectivity index (χ4v) is 4.45. The van der Waals surface area contributed by atoms with Gasteiger partial charge in [0.1, 0.15) is 0 Å². The van der Waals surface area contributed by atoms with Crippen molar-refractivity contribution < 1.29 is 8.94 Å². The number of fused-ring (bicyclic) bond motifs is 1. The van der Waals surface area contributed by atoms with Gasteiger partial charge in [0.05, 0.1) is 17.2 Å². The second kappa shape index (κ2) is 8.53. The minimum absolute atomic E-state index is 0.148. The molecule has 3 aromatic heterocycles. The maximum atomic E-state index is 13.1. The molecule has 0 spiro atoms. The van der Waals surface area contributed by atoms with Crippen LogP contribution in [0, 0.1) is 0 Å². The van der Waals surface area contributed by atoms with Crippen molar-refractivity contribution in [1.29, 1.82) is 0 Å². The highest BCUT2D eigenvalue weighted by atomic mass is 32.2. The topological polar surface area (TPSA) is 113 Å². The summed E-state index contributed by atoms with van der Waals surface area (Å²) in [6, 6.07) is 17.0. The zero-order valence-electron chi connectivity index (χ0n) is 18.3. The van der Waals surface area contributed by atoms with Crippen LogP contribution in [0.3, 0.4) is 0 Å². The lowest BCUT2D eigenvalue weighted by Gasteiger charge is -2.09. The Kier molecular flexibility index (Phi) is 5.21. The van der Waals surface area contributed by atoms with Gasteiger partial charge in [0.2, 0.25) is 5.89 Å². The van der Waals surface area contributed by atoms with Gasteiger partial charge in [0, 0.05) is 11.3 Å². The SMILES string of the molecule is CC(Sc1nnc(-c2nn(Cc3ccccc3)c(=O)c3ccccc23)o1)c1nc(C2CC2)no1. The van der Waals surface area contributed by atoms with E-state index in [0.717, 1.165) is 24.2 Å². The summed E-state index contributed by atoms with van der Waals surface area (Å²) in [5.74, 6) is 1.98. The van der Waals surface area contributed by atoms with E-state index in [1.54, 1.807) is 6.07 Å². The van der Waals surface area contributed by atoms with E-state index in [-0.39, 0.29) is 16.7 Å². The molecule has 0 aliphatic heterocycles. The zero-order valence-corrected chi connectivity index (χ0v) is 19.1. The van der Waals surface area contributed by atoms with Crippen LogP contribution in [0.5, 0.6) is 0 Å². The molecular weight excluding hydrogens is 452 g/mol. The van der Waals surface area contributed by atoms with E-state index in [2.05, 4.69) is 25.4 Å². The van der Waals surface area contributed by atoms with Gasteiger partial charge in [-0.2, -0.15) is 10.1 Å². The molecule has 3 heterocycles. The lowest BCUT2D eigenvalue weighted by atomic mass is 10.1. The summed E-state index contributed by atoms with van der Waals surface area (Å²) < 4.78 is 12.8. The molecule has 34 heavy (non-hydrogen) atoms. The van der Waals surface area contributed by atoms with Crippen molar-refractivity contribution in [2.45, 2.75) is 42.7 Å². The van der Waals surface area contributed by atoms with E-state index in [1.807, 2.05) is 55.5 Å². The molecule has 1 saturated carbocycles. The third-order valence-corrected chi connectivity index (χ3v) is 6.60. The largest absolute Gasteiger partial charge is 0.409 e. The second-order valence-electron chi connectivity index (χ2n) is 8.24. The Balaban J connectivity index is 1.32. The molecule has 1 unspecified atom stereocenters. The second-order valence-corrected chi connectivity index (χ2v) is 9.53. The quantitative estimate of drug-likeness (QED) is 0.313. The molecule has 1 aliphatic rings. The fourth-order valence-electron chi connectivity index (χ4n) is 3.73. The Hall–Kier alpha value is -3.79. The van der Waals surface area contributed by atoms with Crippen LogP contribution < -0.4 is 5.56 Å². The molecule has 2 aromatic carbocycles. The van der Waals surface area contributed by atoms with Crippen LogP contribution in [0.1, 0.15) is 48.2 Å². The maximum Gasteiger partial charge on any atom is 0.277 e. The Labute approximate surface area is 198 Å². The average molecular weight is 473 g/mol. The summed E-state index contributed by atoms with van der Waals surface area (Å²) in [5, 5.41) is 18.5. The molecule has 170 valence electrons. The molecule has 1 aliphatic carbocycles. The molecule has 1 fully saturated rings. The molecule has 5 aromatic rings. The predicted octanol–water partition coefficient (Wildman–Crippen LogP) is 4.61. The third-order valence-electron chi connectivity index (χ3n) is 5.68. The van der Waals surface area contributed by atoms with Gasteiger partial charge >= 0.3 is 0 Å². The number of hydrogen-bond acceptors (Lipinski definition) is 9. The van der Waals surface area contributed by atoms with Crippen LogP contribution in [0.4, 0.5) is 0 Å². The van der Waals surface area contributed by atoms with Gasteiger partial charge < -0.3 is 8.94 Å². The number of benzene rings is 2. The highest BCUT2D eigenvalue weighted by Gasteiger charge is 2.30. The van der Waals surface area contributed by atoms with E-state index >= 15 is 0 Å². The molecule has 0 amide bonds. The van der Waals surface area contributed by atoms with Crippen LogP contribution >= 0.6 is 11.8 Å². The molecule has 0 N–H and O–H groups in total. The molecule has 0 saturated heterocycles. The summed E-state index contributed by atoms with van der Waals surface area (Å²) in [5.41, 5.74) is 1.26. The summed E-state index contributed by atoms with van der Waals surface area (Å²) in [6.07, 6.45) is 2.22. The van der Waals surface area contributed by atoms with Crippen molar-refractivity contribution >= 4 is 22.5 Å². The Bertz CT molecular complexity index is 1520. The van der Waals surface area contributed by atoms with Gasteiger partial charge in [-0.25, -0.2) is 4.68 Å². The van der Waals surface area contributed by atoms with Gasteiger partial charge in [0.25, 0.3) is 16.7 Å². The van der Waals surface area contributed by atoms with Crippen molar-refractivity contribution in [3.63, 3.8) is 0 Å². The lowest BCUT2D eigenvalue weighted by Crippen LogP contribution is -2.24. The van der Waals surface area contributed by atoms with Crippen molar-refractivity contribution in [3.8, 4) is 11.6 Å². The monoisotopic (exact) mass is 472 g/mol. The Morgan fingerprint density at radius 1 is 1.06 bits per heavy atom. The van der Waals surface area contributed by atoms with Gasteiger partial charge in [-0.15, -0.1) is 10.2 Å². The molecule has 0 radical (unpaired) electrons. The number of thioether (sulfide) groups is 1. The van der Waals surface area contributed by atoms with E-state index in [4.69, 9.17) is 8.94 Å². The summed E-state index contributed by atoms with van der Waals surface area (Å²) in [4.78, 5) is 17.6. The molecule has 0 bridgehead atoms. The lowest BCUT2D eigenvalue weighted by molar-refractivity contribution is 0.374. The predicted molar refractivity (Wildman–Crippen MR) is 125 cm³/mol. The van der Waals surface area contributed by atoms with Crippen LogP contribution in [0.2, 0.25) is 0 Å². The molecule has 9 nitrogen and oxygen atoms in total. The minimum Gasteiger partial charge on any atom is -0.409 e. The Morgan fingerprint density at radius 3 is 2.62 bits per heavy atom. The Morgan fingerprint density at radius 2 is 1.82 bits per heavy atom. The van der Waals surface area contributed by atoms with E-state index in [0.29, 0.717) is 40.0 Å². The summed E-state index contributed by atoms with van der Waals surface area (Å²) >= 11 is 1.34. The van der Waals surface area contributed by atoms with Crippen LogP contribution in [0.15, 0.2) is 73.6 Å². The van der Waals surface area contributed by atoms with Crippen molar-refractivity contribution in [1.82, 2.24) is 30.1 Å². The molecule has 10 heteroatoms. The molecular formula is C24H20N6O3S. The van der Waals surface area contributed by atoms with Gasteiger partial charge in [0.15, 0.2) is 11.5 Å². The van der Waals surface area contributed by atoms with Gasteiger partial charge in [-0.05, 0) is 31.4 Å². The summed E-state index contributed by atoms with van der Waals surface area (Å²) in [7, 11) is 0. The fraction of sp³-hybridized carbons (Fsp3) is 0.250.